The van der Waals surface area contributed by atoms with E-state index in [1.807, 2.05) is 0 Å². The normalized spacial score (nSPS) is 25.7. The van der Waals surface area contributed by atoms with E-state index < -0.39 is 0 Å². The third-order valence-corrected chi connectivity index (χ3v) is 3.00. The van der Waals surface area contributed by atoms with Crippen LogP contribution in [0, 0.1) is 24.2 Å². The molecule has 0 radical (unpaired) electrons. The van der Waals surface area contributed by atoms with Crippen molar-refractivity contribution in [3.8, 4) is 12.3 Å². The molecule has 0 aromatic heterocycles. The molecule has 2 atom stereocenters. The van der Waals surface area contributed by atoms with Crippen molar-refractivity contribution in [3.05, 3.63) is 0 Å². The van der Waals surface area contributed by atoms with Crippen LogP contribution in [0.4, 0.5) is 0 Å². The van der Waals surface area contributed by atoms with Gasteiger partial charge in [-0.25, -0.2) is 0 Å². The number of nitrogens with one attached hydrogen (secondary N) is 1. The van der Waals surface area contributed by atoms with Crippen molar-refractivity contribution in [2.45, 2.75) is 39.0 Å². The van der Waals surface area contributed by atoms with E-state index in [0.717, 1.165) is 25.8 Å². The average Bonchev–Trinajstić information content (AvgIpc) is 2.59. The van der Waals surface area contributed by atoms with Crippen molar-refractivity contribution in [1.29, 1.82) is 0 Å². The molecule has 0 spiro atoms. The second kappa shape index (κ2) is 5.70. The number of terminal acetylenes is 1. The van der Waals surface area contributed by atoms with E-state index in [1.165, 1.54) is 12.8 Å². The lowest BCUT2D eigenvalue weighted by Crippen LogP contribution is -2.32. The van der Waals surface area contributed by atoms with E-state index in [4.69, 9.17) is 6.42 Å². The largest absolute Gasteiger partial charge is 0.356 e. The summed E-state index contributed by atoms with van der Waals surface area (Å²) >= 11 is 0. The molecule has 1 saturated carbocycles. The molecule has 1 N–H and O–H groups in total. The summed E-state index contributed by atoms with van der Waals surface area (Å²) in [7, 11) is 0. The van der Waals surface area contributed by atoms with Crippen molar-refractivity contribution in [2.75, 3.05) is 6.54 Å². The van der Waals surface area contributed by atoms with Crippen molar-refractivity contribution in [1.82, 2.24) is 5.32 Å². The second-order valence-corrected chi connectivity index (χ2v) is 4.11. The maximum absolute atomic E-state index is 11.7. The molecular formula is C12H19NO. The number of hydrogen-bond acceptors (Lipinski definition) is 1. The van der Waals surface area contributed by atoms with Crippen molar-refractivity contribution >= 4 is 5.91 Å². The number of unbranched alkanes of at least 4 members (excludes halogenated alkanes) is 1. The van der Waals surface area contributed by atoms with Crippen molar-refractivity contribution in [2.24, 2.45) is 11.8 Å². The number of amides is 1. The van der Waals surface area contributed by atoms with Gasteiger partial charge in [-0.05, 0) is 25.2 Å². The van der Waals surface area contributed by atoms with Crippen molar-refractivity contribution in [3.63, 3.8) is 0 Å². The first kappa shape index (κ1) is 11.1. The molecule has 78 valence electrons. The van der Waals surface area contributed by atoms with E-state index in [9.17, 15) is 4.79 Å². The number of rotatable bonds is 4. The molecule has 2 nitrogen and oxygen atoms in total. The van der Waals surface area contributed by atoms with Crippen LogP contribution < -0.4 is 5.32 Å². The van der Waals surface area contributed by atoms with Crippen LogP contribution in [-0.4, -0.2) is 12.5 Å². The Bertz CT molecular complexity index is 229. The SMILES string of the molecule is C#CCCCNC(=O)C1CCCC1C. The highest BCUT2D eigenvalue weighted by atomic mass is 16.1. The zero-order valence-corrected chi connectivity index (χ0v) is 8.88. The van der Waals surface area contributed by atoms with Gasteiger partial charge >= 0.3 is 0 Å². The van der Waals surface area contributed by atoms with Crippen LogP contribution in [0.25, 0.3) is 0 Å². The predicted molar refractivity (Wildman–Crippen MR) is 57.6 cm³/mol. The Hall–Kier alpha value is -0.970. The summed E-state index contributed by atoms with van der Waals surface area (Å²) in [4.78, 5) is 11.7. The molecule has 0 aromatic carbocycles. The Morgan fingerprint density at radius 1 is 1.57 bits per heavy atom. The molecule has 1 rings (SSSR count). The summed E-state index contributed by atoms with van der Waals surface area (Å²) in [5.74, 6) is 3.61. The van der Waals surface area contributed by atoms with Gasteiger partial charge in [0.1, 0.15) is 0 Å². The highest BCUT2D eigenvalue weighted by Crippen LogP contribution is 2.30. The lowest BCUT2D eigenvalue weighted by Gasteiger charge is -2.14. The first-order chi connectivity index (χ1) is 6.75. The zero-order chi connectivity index (χ0) is 10.4. The minimum absolute atomic E-state index is 0.229. The van der Waals surface area contributed by atoms with Gasteiger partial charge in [-0.1, -0.05) is 13.3 Å². The number of carbonyl (C=O) groups excluding carboxylic acids is 1. The van der Waals surface area contributed by atoms with E-state index in [1.54, 1.807) is 0 Å². The third-order valence-electron chi connectivity index (χ3n) is 3.00. The first-order valence-electron chi connectivity index (χ1n) is 5.47. The summed E-state index contributed by atoms with van der Waals surface area (Å²) in [6.07, 6.45) is 10.2. The lowest BCUT2D eigenvalue weighted by atomic mass is 9.97. The van der Waals surface area contributed by atoms with Crippen LogP contribution in [0.2, 0.25) is 0 Å². The highest BCUT2D eigenvalue weighted by Gasteiger charge is 2.28. The Morgan fingerprint density at radius 3 is 2.93 bits per heavy atom. The Kier molecular flexibility index (Phi) is 4.52. The number of hydrogen-bond donors (Lipinski definition) is 1. The van der Waals surface area contributed by atoms with Gasteiger partial charge in [0.05, 0.1) is 0 Å². The van der Waals surface area contributed by atoms with Crippen LogP contribution in [0.15, 0.2) is 0 Å². The quantitative estimate of drug-likeness (QED) is 0.536. The van der Waals surface area contributed by atoms with Gasteiger partial charge in [-0.15, -0.1) is 12.3 Å². The maximum Gasteiger partial charge on any atom is 0.223 e. The minimum Gasteiger partial charge on any atom is -0.356 e. The fraction of sp³-hybridized carbons (Fsp3) is 0.750. The van der Waals surface area contributed by atoms with Gasteiger partial charge in [0, 0.05) is 18.9 Å². The minimum atomic E-state index is 0.229. The molecule has 2 unspecified atom stereocenters. The molecule has 0 aliphatic heterocycles. The lowest BCUT2D eigenvalue weighted by molar-refractivity contribution is -0.125. The molecule has 1 fully saturated rings. The van der Waals surface area contributed by atoms with E-state index in [2.05, 4.69) is 18.2 Å². The molecule has 0 heterocycles. The van der Waals surface area contributed by atoms with E-state index in [-0.39, 0.29) is 11.8 Å². The summed E-state index contributed by atoms with van der Waals surface area (Å²) < 4.78 is 0. The summed E-state index contributed by atoms with van der Waals surface area (Å²) in [6.45, 7) is 2.89. The van der Waals surface area contributed by atoms with Crippen LogP contribution in [0.5, 0.6) is 0 Å². The topological polar surface area (TPSA) is 29.1 Å². The molecule has 2 heteroatoms. The molecule has 0 saturated heterocycles. The van der Waals surface area contributed by atoms with E-state index >= 15 is 0 Å². The van der Waals surface area contributed by atoms with Gasteiger partial charge in [-0.3, -0.25) is 4.79 Å². The Balaban J connectivity index is 2.18. The van der Waals surface area contributed by atoms with Crippen LogP contribution in [-0.2, 0) is 4.79 Å². The molecule has 1 aliphatic carbocycles. The molecule has 1 amide bonds. The summed E-state index contributed by atoms with van der Waals surface area (Å²) in [5, 5.41) is 2.96. The summed E-state index contributed by atoms with van der Waals surface area (Å²) in [5.41, 5.74) is 0. The predicted octanol–water partition coefficient (Wildman–Crippen LogP) is 1.95. The Morgan fingerprint density at radius 2 is 2.36 bits per heavy atom. The van der Waals surface area contributed by atoms with Gasteiger partial charge in [0.2, 0.25) is 5.91 Å². The van der Waals surface area contributed by atoms with E-state index in [0.29, 0.717) is 5.92 Å². The first-order valence-corrected chi connectivity index (χ1v) is 5.47. The smallest absolute Gasteiger partial charge is 0.223 e. The molecule has 14 heavy (non-hydrogen) atoms. The van der Waals surface area contributed by atoms with Gasteiger partial charge < -0.3 is 5.32 Å². The van der Waals surface area contributed by atoms with Crippen molar-refractivity contribution < 1.29 is 4.79 Å². The zero-order valence-electron chi connectivity index (χ0n) is 8.88. The number of carbonyl (C=O) groups is 1. The monoisotopic (exact) mass is 193 g/mol. The standard InChI is InChI=1S/C12H19NO/c1-3-4-5-9-13-12(14)11-8-6-7-10(11)2/h1,10-11H,4-9H2,2H3,(H,13,14). The molecule has 1 aliphatic rings. The molecule has 0 bridgehead atoms. The Labute approximate surface area is 86.5 Å². The third kappa shape index (κ3) is 3.06. The fourth-order valence-electron chi connectivity index (χ4n) is 2.07. The van der Waals surface area contributed by atoms with Gasteiger partial charge in [0.25, 0.3) is 0 Å². The fourth-order valence-corrected chi connectivity index (χ4v) is 2.07. The van der Waals surface area contributed by atoms with Crippen LogP contribution in [0.1, 0.15) is 39.0 Å². The molecule has 0 aromatic rings. The molecular weight excluding hydrogens is 174 g/mol. The summed E-state index contributed by atoms with van der Waals surface area (Å²) in [6, 6.07) is 0. The van der Waals surface area contributed by atoms with Crippen LogP contribution >= 0.6 is 0 Å². The average molecular weight is 193 g/mol. The van der Waals surface area contributed by atoms with Gasteiger partial charge in [-0.2, -0.15) is 0 Å². The second-order valence-electron chi connectivity index (χ2n) is 4.11. The highest BCUT2D eigenvalue weighted by molar-refractivity contribution is 5.79. The van der Waals surface area contributed by atoms with Gasteiger partial charge in [0.15, 0.2) is 0 Å². The van der Waals surface area contributed by atoms with Crippen LogP contribution in [0.3, 0.4) is 0 Å². The maximum atomic E-state index is 11.7.